The van der Waals surface area contributed by atoms with Gasteiger partial charge in [0.2, 0.25) is 0 Å². The number of aromatic nitrogens is 1. The Balaban J connectivity index is 3.60. The van der Waals surface area contributed by atoms with Crippen LogP contribution in [0, 0.1) is 21.4 Å². The molecule has 0 unspecified atom stereocenters. The quantitative estimate of drug-likeness (QED) is 0.443. The number of alkyl halides is 2. The molecule has 1 aromatic rings. The predicted molar refractivity (Wildman–Crippen MR) is 46.0 cm³/mol. The van der Waals surface area contributed by atoms with Crippen LogP contribution in [0.15, 0.2) is 6.07 Å². The van der Waals surface area contributed by atoms with Gasteiger partial charge >= 0.3 is 0 Å². The van der Waals surface area contributed by atoms with Crippen molar-refractivity contribution in [2.45, 2.75) is 6.43 Å². The van der Waals surface area contributed by atoms with Gasteiger partial charge in [-0.1, -0.05) is 0 Å². The minimum Gasteiger partial charge on any atom is -0.298 e. The molecule has 0 aliphatic heterocycles. The maximum absolute atomic E-state index is 12.4. The van der Waals surface area contributed by atoms with Crippen LogP contribution < -0.4 is 0 Å². The summed E-state index contributed by atoms with van der Waals surface area (Å²) >= 11 is 0. The summed E-state index contributed by atoms with van der Waals surface area (Å²) in [7, 11) is 0. The molecule has 0 saturated heterocycles. The number of nitro groups is 1. The van der Waals surface area contributed by atoms with E-state index in [1.807, 2.05) is 0 Å². The Bertz CT molecular complexity index is 496. The minimum atomic E-state index is -3.16. The van der Waals surface area contributed by atoms with E-state index in [1.54, 1.807) is 0 Å². The van der Waals surface area contributed by atoms with Gasteiger partial charge in [-0.15, -0.1) is 0 Å². The van der Waals surface area contributed by atoms with Gasteiger partial charge < -0.3 is 0 Å². The standard InChI is InChI=1S/C8H3F2N3O3/c9-8(10)7-5(3-14)6(13(15)16)1-4(2-11)12-7/h1,3,8H. The van der Waals surface area contributed by atoms with E-state index in [0.717, 1.165) is 0 Å². The number of pyridine rings is 1. The average Bonchev–Trinajstić information content (AvgIpc) is 2.26. The number of hydrogen-bond donors (Lipinski definition) is 0. The van der Waals surface area contributed by atoms with E-state index >= 15 is 0 Å². The lowest BCUT2D eigenvalue weighted by atomic mass is 10.1. The van der Waals surface area contributed by atoms with Gasteiger partial charge in [-0.3, -0.25) is 14.9 Å². The van der Waals surface area contributed by atoms with Crippen LogP contribution >= 0.6 is 0 Å². The molecule has 0 bridgehead atoms. The fraction of sp³-hybridized carbons (Fsp3) is 0.125. The maximum atomic E-state index is 12.4. The van der Waals surface area contributed by atoms with Crippen LogP contribution in [-0.4, -0.2) is 16.2 Å². The zero-order valence-corrected chi connectivity index (χ0v) is 7.55. The van der Waals surface area contributed by atoms with Crippen molar-refractivity contribution < 1.29 is 18.5 Å². The topological polar surface area (TPSA) is 96.9 Å². The molecule has 0 N–H and O–H groups in total. The third-order valence-electron chi connectivity index (χ3n) is 1.70. The molecule has 0 aliphatic rings. The second-order valence-electron chi connectivity index (χ2n) is 2.61. The first-order valence-corrected chi connectivity index (χ1v) is 3.84. The van der Waals surface area contributed by atoms with E-state index in [0.29, 0.717) is 6.07 Å². The van der Waals surface area contributed by atoms with Crippen molar-refractivity contribution in [1.29, 1.82) is 5.26 Å². The van der Waals surface area contributed by atoms with E-state index in [2.05, 4.69) is 4.98 Å². The summed E-state index contributed by atoms with van der Waals surface area (Å²) in [6.45, 7) is 0. The molecule has 0 saturated carbocycles. The average molecular weight is 227 g/mol. The molecule has 6 nitrogen and oxygen atoms in total. The Hall–Kier alpha value is -2.43. The number of carbonyl (C=O) groups excluding carboxylic acids is 1. The van der Waals surface area contributed by atoms with Crippen molar-refractivity contribution >= 4 is 12.0 Å². The molecule has 0 radical (unpaired) electrons. The molecule has 8 heteroatoms. The Labute approximate surface area is 87.3 Å². The molecule has 16 heavy (non-hydrogen) atoms. The number of nitriles is 1. The Morgan fingerprint density at radius 2 is 2.25 bits per heavy atom. The lowest BCUT2D eigenvalue weighted by Crippen LogP contribution is -2.05. The highest BCUT2D eigenvalue weighted by molar-refractivity contribution is 5.83. The van der Waals surface area contributed by atoms with E-state index in [1.165, 1.54) is 6.07 Å². The highest BCUT2D eigenvalue weighted by Crippen LogP contribution is 2.27. The Morgan fingerprint density at radius 1 is 1.62 bits per heavy atom. The summed E-state index contributed by atoms with van der Waals surface area (Å²) in [5.74, 6) is 0. The zero-order valence-electron chi connectivity index (χ0n) is 7.55. The summed E-state index contributed by atoms with van der Waals surface area (Å²) in [6, 6.07) is 2.08. The van der Waals surface area contributed by atoms with E-state index in [-0.39, 0.29) is 6.29 Å². The van der Waals surface area contributed by atoms with Crippen LogP contribution in [0.3, 0.4) is 0 Å². The van der Waals surface area contributed by atoms with Crippen LogP contribution in [0.5, 0.6) is 0 Å². The van der Waals surface area contributed by atoms with Crippen molar-refractivity contribution in [3.8, 4) is 6.07 Å². The number of nitrogens with zero attached hydrogens (tertiary/aromatic N) is 3. The molecule has 0 atom stereocenters. The van der Waals surface area contributed by atoms with E-state index in [4.69, 9.17) is 5.26 Å². The van der Waals surface area contributed by atoms with Crippen LogP contribution in [-0.2, 0) is 0 Å². The van der Waals surface area contributed by atoms with E-state index < -0.39 is 34.0 Å². The van der Waals surface area contributed by atoms with Crippen molar-refractivity contribution in [2.75, 3.05) is 0 Å². The van der Waals surface area contributed by atoms with E-state index in [9.17, 15) is 23.7 Å². The third kappa shape index (κ3) is 1.98. The van der Waals surface area contributed by atoms with Gasteiger partial charge in [0.05, 0.1) is 11.0 Å². The van der Waals surface area contributed by atoms with Gasteiger partial charge in [-0.05, 0) is 0 Å². The van der Waals surface area contributed by atoms with Crippen molar-refractivity contribution in [3.63, 3.8) is 0 Å². The first-order valence-electron chi connectivity index (χ1n) is 3.84. The second-order valence-corrected chi connectivity index (χ2v) is 2.61. The normalized spacial score (nSPS) is 9.88. The molecule has 0 aliphatic carbocycles. The third-order valence-corrected chi connectivity index (χ3v) is 1.70. The second kappa shape index (κ2) is 4.39. The zero-order chi connectivity index (χ0) is 12.3. The number of rotatable bonds is 3. The fourth-order valence-corrected chi connectivity index (χ4v) is 1.06. The molecule has 0 spiro atoms. The maximum Gasteiger partial charge on any atom is 0.284 e. The summed E-state index contributed by atoms with van der Waals surface area (Å²) in [5.41, 5.74) is -3.25. The lowest BCUT2D eigenvalue weighted by Gasteiger charge is -2.03. The highest BCUT2D eigenvalue weighted by Gasteiger charge is 2.25. The van der Waals surface area contributed by atoms with Gasteiger partial charge in [0.15, 0.2) is 6.29 Å². The van der Waals surface area contributed by atoms with Crippen molar-refractivity contribution in [3.05, 3.63) is 33.1 Å². The van der Waals surface area contributed by atoms with Crippen LogP contribution in [0.25, 0.3) is 0 Å². The predicted octanol–water partition coefficient (Wildman–Crippen LogP) is 1.61. The summed E-state index contributed by atoms with van der Waals surface area (Å²) < 4.78 is 24.8. The monoisotopic (exact) mass is 227 g/mol. The molecular formula is C8H3F2N3O3. The van der Waals surface area contributed by atoms with Crippen molar-refractivity contribution in [1.82, 2.24) is 4.98 Å². The molecule has 1 heterocycles. The molecular weight excluding hydrogens is 224 g/mol. The van der Waals surface area contributed by atoms with Crippen LogP contribution in [0.4, 0.5) is 14.5 Å². The SMILES string of the molecule is N#Cc1cc([N+](=O)[O-])c(C=O)c(C(F)F)n1. The minimum absolute atomic E-state index is 0.0756. The summed E-state index contributed by atoms with van der Waals surface area (Å²) in [5, 5.41) is 18.9. The first kappa shape index (κ1) is 11.6. The smallest absolute Gasteiger partial charge is 0.284 e. The molecule has 0 fully saturated rings. The highest BCUT2D eigenvalue weighted by atomic mass is 19.3. The number of hydrogen-bond acceptors (Lipinski definition) is 5. The summed E-state index contributed by atoms with van der Waals surface area (Å²) in [6.07, 6.45) is -3.24. The van der Waals surface area contributed by atoms with Gasteiger partial charge in [0.1, 0.15) is 23.0 Å². The molecule has 0 aromatic carbocycles. The lowest BCUT2D eigenvalue weighted by molar-refractivity contribution is -0.385. The molecule has 0 amide bonds. The van der Waals surface area contributed by atoms with Gasteiger partial charge in [-0.25, -0.2) is 13.8 Å². The first-order chi connectivity index (χ1) is 7.51. The van der Waals surface area contributed by atoms with Crippen LogP contribution in [0.2, 0.25) is 0 Å². The van der Waals surface area contributed by atoms with Crippen molar-refractivity contribution in [2.24, 2.45) is 0 Å². The Kier molecular flexibility index (Phi) is 3.20. The fourth-order valence-electron chi connectivity index (χ4n) is 1.06. The van der Waals surface area contributed by atoms with Crippen LogP contribution in [0.1, 0.15) is 28.2 Å². The largest absolute Gasteiger partial charge is 0.298 e. The molecule has 82 valence electrons. The van der Waals surface area contributed by atoms with Gasteiger partial charge in [-0.2, -0.15) is 5.26 Å². The Morgan fingerprint density at radius 3 is 2.62 bits per heavy atom. The summed E-state index contributed by atoms with van der Waals surface area (Å²) in [4.78, 5) is 23.1. The number of halogens is 2. The van der Waals surface area contributed by atoms with Gasteiger partial charge in [0.25, 0.3) is 12.1 Å². The molecule has 1 aromatic heterocycles. The van der Waals surface area contributed by atoms with Gasteiger partial charge in [0, 0.05) is 0 Å². The molecule has 1 rings (SSSR count). The number of aldehydes is 1. The number of carbonyl (C=O) groups is 1.